The minimum atomic E-state index is -3.50. The van der Waals surface area contributed by atoms with Gasteiger partial charge in [0.1, 0.15) is 5.75 Å². The summed E-state index contributed by atoms with van der Waals surface area (Å²) in [6.07, 6.45) is 1.54. The molecule has 0 atom stereocenters. The number of nitrogens with one attached hydrogen (secondary N) is 1. The molecule has 0 radical (unpaired) electrons. The molecular formula is C15H26N2O3S. The number of sulfonamides is 1. The summed E-state index contributed by atoms with van der Waals surface area (Å²) in [5, 5.41) is 0. The third-order valence-electron chi connectivity index (χ3n) is 3.36. The lowest BCUT2D eigenvalue weighted by atomic mass is 10.0. The van der Waals surface area contributed by atoms with Crippen LogP contribution in [0.1, 0.15) is 43.7 Å². The normalized spacial score (nSPS) is 11.9. The molecule has 0 unspecified atom stereocenters. The van der Waals surface area contributed by atoms with Gasteiger partial charge in [-0.15, -0.1) is 0 Å². The Morgan fingerprint density at radius 1 is 1.29 bits per heavy atom. The first-order valence-corrected chi connectivity index (χ1v) is 8.70. The maximum absolute atomic E-state index is 12.4. The van der Waals surface area contributed by atoms with Crippen LogP contribution in [0.25, 0.3) is 0 Å². The van der Waals surface area contributed by atoms with E-state index >= 15 is 0 Å². The molecule has 0 bridgehead atoms. The van der Waals surface area contributed by atoms with Gasteiger partial charge in [-0.1, -0.05) is 13.8 Å². The maximum atomic E-state index is 12.4. The predicted octanol–water partition coefficient (Wildman–Crippen LogP) is 2.14. The lowest BCUT2D eigenvalue weighted by molar-refractivity contribution is 0.406. The van der Waals surface area contributed by atoms with E-state index < -0.39 is 10.0 Å². The Hall–Kier alpha value is -1.11. The van der Waals surface area contributed by atoms with Gasteiger partial charge >= 0.3 is 0 Å². The van der Waals surface area contributed by atoms with Crippen LogP contribution in [0.3, 0.4) is 0 Å². The molecule has 0 amide bonds. The van der Waals surface area contributed by atoms with E-state index in [1.54, 1.807) is 26.2 Å². The van der Waals surface area contributed by atoms with Crippen LogP contribution in [0.5, 0.6) is 5.75 Å². The first-order chi connectivity index (χ1) is 9.83. The monoisotopic (exact) mass is 314 g/mol. The van der Waals surface area contributed by atoms with E-state index in [-0.39, 0.29) is 5.92 Å². The molecule has 6 heteroatoms. The highest BCUT2D eigenvalue weighted by Crippen LogP contribution is 2.31. The van der Waals surface area contributed by atoms with Crippen molar-refractivity contribution in [3.63, 3.8) is 0 Å². The van der Waals surface area contributed by atoms with Gasteiger partial charge in [-0.2, -0.15) is 0 Å². The molecule has 5 nitrogen and oxygen atoms in total. The predicted molar refractivity (Wildman–Crippen MR) is 85.3 cm³/mol. The van der Waals surface area contributed by atoms with E-state index in [2.05, 4.69) is 4.72 Å². The van der Waals surface area contributed by atoms with E-state index in [0.717, 1.165) is 24.2 Å². The smallest absolute Gasteiger partial charge is 0.240 e. The fourth-order valence-corrected chi connectivity index (χ4v) is 3.48. The summed E-state index contributed by atoms with van der Waals surface area (Å²) in [7, 11) is -1.90. The van der Waals surface area contributed by atoms with E-state index in [1.165, 1.54) is 0 Å². The van der Waals surface area contributed by atoms with E-state index in [0.29, 0.717) is 23.5 Å². The molecule has 0 aliphatic heterocycles. The van der Waals surface area contributed by atoms with Gasteiger partial charge in [0.05, 0.1) is 12.0 Å². The van der Waals surface area contributed by atoms with Crippen molar-refractivity contribution in [2.45, 2.75) is 44.4 Å². The standard InChI is InChI=1S/C15H26N2O3S/c1-11(2)13-10-15(12(3)9-14(13)20-4)21(18,19)17-8-6-5-7-16/h9-11,17H,5-8,16H2,1-4H3. The number of methoxy groups -OCH3 is 1. The summed E-state index contributed by atoms with van der Waals surface area (Å²) in [4.78, 5) is 0.319. The number of ether oxygens (including phenoxy) is 1. The highest BCUT2D eigenvalue weighted by molar-refractivity contribution is 7.89. The van der Waals surface area contributed by atoms with Gasteiger partial charge in [0.2, 0.25) is 10.0 Å². The van der Waals surface area contributed by atoms with Crippen molar-refractivity contribution >= 4 is 10.0 Å². The van der Waals surface area contributed by atoms with Gasteiger partial charge in [0, 0.05) is 6.54 Å². The summed E-state index contributed by atoms with van der Waals surface area (Å²) >= 11 is 0. The second kappa shape index (κ2) is 7.77. The van der Waals surface area contributed by atoms with Crippen LogP contribution in [-0.2, 0) is 10.0 Å². The molecule has 0 aliphatic rings. The van der Waals surface area contributed by atoms with Gasteiger partial charge in [-0.3, -0.25) is 0 Å². The van der Waals surface area contributed by atoms with E-state index in [1.807, 2.05) is 13.8 Å². The van der Waals surface area contributed by atoms with Crippen LogP contribution in [0.2, 0.25) is 0 Å². The summed E-state index contributed by atoms with van der Waals surface area (Å²) in [6, 6.07) is 3.49. The fraction of sp³-hybridized carbons (Fsp3) is 0.600. The number of rotatable bonds is 8. The molecule has 1 rings (SSSR count). The summed E-state index contributed by atoms with van der Waals surface area (Å²) < 4.78 is 32.8. The van der Waals surface area contributed by atoms with Gasteiger partial charge < -0.3 is 10.5 Å². The molecule has 0 spiro atoms. The Balaban J connectivity index is 3.08. The highest BCUT2D eigenvalue weighted by Gasteiger charge is 2.20. The molecule has 1 aromatic carbocycles. The zero-order chi connectivity index (χ0) is 16.0. The van der Waals surface area contributed by atoms with Crippen LogP contribution in [0.4, 0.5) is 0 Å². The molecule has 0 aliphatic carbocycles. The van der Waals surface area contributed by atoms with Crippen molar-refractivity contribution in [1.29, 1.82) is 0 Å². The summed E-state index contributed by atoms with van der Waals surface area (Å²) in [5.41, 5.74) is 6.98. The second-order valence-electron chi connectivity index (χ2n) is 5.41. The van der Waals surface area contributed by atoms with Crippen molar-refractivity contribution in [2.75, 3.05) is 20.2 Å². The molecule has 0 aromatic heterocycles. The Kier molecular flexibility index (Phi) is 6.64. The van der Waals surface area contributed by atoms with Crippen molar-refractivity contribution in [3.05, 3.63) is 23.3 Å². The molecule has 0 saturated carbocycles. The second-order valence-corrected chi connectivity index (χ2v) is 7.14. The minimum Gasteiger partial charge on any atom is -0.496 e. The van der Waals surface area contributed by atoms with Crippen LogP contribution >= 0.6 is 0 Å². The number of nitrogens with two attached hydrogens (primary N) is 1. The van der Waals surface area contributed by atoms with Crippen LogP contribution in [0, 0.1) is 6.92 Å². The van der Waals surface area contributed by atoms with Crippen molar-refractivity contribution < 1.29 is 13.2 Å². The lowest BCUT2D eigenvalue weighted by Gasteiger charge is -2.16. The zero-order valence-corrected chi connectivity index (χ0v) is 14.1. The number of benzene rings is 1. The Morgan fingerprint density at radius 3 is 2.48 bits per heavy atom. The number of hydrogen-bond donors (Lipinski definition) is 2. The fourth-order valence-electron chi connectivity index (χ4n) is 2.15. The number of hydrogen-bond acceptors (Lipinski definition) is 4. The number of aryl methyl sites for hydroxylation is 1. The van der Waals surface area contributed by atoms with Crippen LogP contribution < -0.4 is 15.2 Å². The quantitative estimate of drug-likeness (QED) is 0.720. The minimum absolute atomic E-state index is 0.187. The summed E-state index contributed by atoms with van der Waals surface area (Å²) in [6.45, 7) is 6.78. The number of unbranched alkanes of at least 4 members (excludes halogenated alkanes) is 1. The van der Waals surface area contributed by atoms with Crippen molar-refractivity contribution in [3.8, 4) is 5.75 Å². The summed E-state index contributed by atoms with van der Waals surface area (Å²) in [5.74, 6) is 0.913. The van der Waals surface area contributed by atoms with Gasteiger partial charge in [-0.25, -0.2) is 13.1 Å². The third kappa shape index (κ3) is 4.69. The van der Waals surface area contributed by atoms with E-state index in [9.17, 15) is 8.42 Å². The zero-order valence-electron chi connectivity index (χ0n) is 13.3. The van der Waals surface area contributed by atoms with Crippen LogP contribution in [-0.4, -0.2) is 28.6 Å². The van der Waals surface area contributed by atoms with E-state index in [4.69, 9.17) is 10.5 Å². The molecule has 120 valence electrons. The lowest BCUT2D eigenvalue weighted by Crippen LogP contribution is -2.26. The highest BCUT2D eigenvalue weighted by atomic mass is 32.2. The van der Waals surface area contributed by atoms with Gasteiger partial charge in [-0.05, 0) is 55.5 Å². The maximum Gasteiger partial charge on any atom is 0.240 e. The molecule has 21 heavy (non-hydrogen) atoms. The molecule has 0 fully saturated rings. The Morgan fingerprint density at radius 2 is 1.95 bits per heavy atom. The molecular weight excluding hydrogens is 288 g/mol. The average Bonchev–Trinajstić information content (AvgIpc) is 2.42. The Bertz CT molecular complexity index is 569. The molecule has 0 saturated heterocycles. The first kappa shape index (κ1) is 17.9. The Labute approximate surface area is 127 Å². The third-order valence-corrected chi connectivity index (χ3v) is 4.96. The largest absolute Gasteiger partial charge is 0.496 e. The molecule has 0 heterocycles. The topological polar surface area (TPSA) is 81.4 Å². The molecule has 1 aromatic rings. The van der Waals surface area contributed by atoms with Gasteiger partial charge in [0.25, 0.3) is 0 Å². The van der Waals surface area contributed by atoms with Crippen molar-refractivity contribution in [2.24, 2.45) is 5.73 Å². The molecule has 3 N–H and O–H groups in total. The van der Waals surface area contributed by atoms with Crippen molar-refractivity contribution in [1.82, 2.24) is 4.72 Å². The van der Waals surface area contributed by atoms with Crippen LogP contribution in [0.15, 0.2) is 17.0 Å². The first-order valence-electron chi connectivity index (χ1n) is 7.21. The SMILES string of the molecule is COc1cc(C)c(S(=O)(=O)NCCCCN)cc1C(C)C. The average molecular weight is 314 g/mol. The van der Waals surface area contributed by atoms with Gasteiger partial charge in [0.15, 0.2) is 0 Å².